The maximum atomic E-state index is 11.4. The SMILES string of the molecule is CS(=O)(=O)Nc1ccc2c(c1)N(C1CC3(CCC3)C1)CC2.[HH]. The summed E-state index contributed by atoms with van der Waals surface area (Å²) in [6, 6.07) is 6.62. The molecule has 4 rings (SSSR count). The van der Waals surface area contributed by atoms with Gasteiger partial charge in [-0.1, -0.05) is 12.5 Å². The van der Waals surface area contributed by atoms with Gasteiger partial charge in [-0.05, 0) is 55.2 Å². The first-order valence-electron chi connectivity index (χ1n) is 7.82. The van der Waals surface area contributed by atoms with Crippen LogP contribution in [0.2, 0.25) is 0 Å². The first kappa shape index (κ1) is 13.4. The van der Waals surface area contributed by atoms with Crippen LogP contribution in [0.4, 0.5) is 11.4 Å². The Morgan fingerprint density at radius 1 is 1.33 bits per heavy atom. The van der Waals surface area contributed by atoms with E-state index in [4.69, 9.17) is 0 Å². The molecule has 2 fully saturated rings. The summed E-state index contributed by atoms with van der Waals surface area (Å²) >= 11 is 0. The molecule has 5 heteroatoms. The molecule has 1 aliphatic heterocycles. The molecule has 1 heterocycles. The number of hydrogen-bond donors (Lipinski definition) is 1. The van der Waals surface area contributed by atoms with E-state index in [1.807, 2.05) is 12.1 Å². The third-order valence-electron chi connectivity index (χ3n) is 5.51. The first-order chi connectivity index (χ1) is 9.94. The molecule has 2 aliphatic carbocycles. The number of nitrogens with zero attached hydrogens (tertiary/aromatic N) is 1. The molecular formula is C16H24N2O2S. The largest absolute Gasteiger partial charge is 0.368 e. The van der Waals surface area contributed by atoms with Crippen LogP contribution in [-0.2, 0) is 16.4 Å². The fourth-order valence-electron chi connectivity index (χ4n) is 4.31. The van der Waals surface area contributed by atoms with E-state index in [9.17, 15) is 8.42 Å². The smallest absolute Gasteiger partial charge is 0.229 e. The van der Waals surface area contributed by atoms with Gasteiger partial charge in [0.05, 0.1) is 11.9 Å². The van der Waals surface area contributed by atoms with Crippen molar-refractivity contribution in [3.05, 3.63) is 23.8 Å². The van der Waals surface area contributed by atoms with Crippen molar-refractivity contribution in [3.63, 3.8) is 0 Å². The quantitative estimate of drug-likeness (QED) is 0.934. The second kappa shape index (κ2) is 4.38. The molecule has 116 valence electrons. The third-order valence-corrected chi connectivity index (χ3v) is 6.12. The van der Waals surface area contributed by atoms with Crippen LogP contribution < -0.4 is 9.62 Å². The number of nitrogens with one attached hydrogen (secondary N) is 1. The zero-order valence-electron chi connectivity index (χ0n) is 12.4. The molecule has 0 bridgehead atoms. The van der Waals surface area contributed by atoms with Crippen LogP contribution in [0.1, 0.15) is 39.1 Å². The van der Waals surface area contributed by atoms with Crippen molar-refractivity contribution in [2.45, 2.75) is 44.6 Å². The Balaban J connectivity index is 0.00000144. The number of rotatable bonds is 3. The Morgan fingerprint density at radius 3 is 2.71 bits per heavy atom. The molecule has 2 saturated carbocycles. The van der Waals surface area contributed by atoms with Gasteiger partial charge < -0.3 is 4.90 Å². The van der Waals surface area contributed by atoms with E-state index < -0.39 is 10.0 Å². The van der Waals surface area contributed by atoms with Crippen molar-refractivity contribution in [2.24, 2.45) is 5.41 Å². The van der Waals surface area contributed by atoms with Gasteiger partial charge in [-0.15, -0.1) is 0 Å². The topological polar surface area (TPSA) is 49.4 Å². The molecule has 3 aliphatic rings. The molecule has 0 unspecified atom stereocenters. The second-order valence-corrected chi connectivity index (χ2v) is 8.83. The first-order valence-corrected chi connectivity index (χ1v) is 9.71. The number of anilines is 2. The lowest BCUT2D eigenvalue weighted by Crippen LogP contribution is -2.53. The van der Waals surface area contributed by atoms with Crippen LogP contribution in [-0.4, -0.2) is 27.3 Å². The predicted molar refractivity (Wildman–Crippen MR) is 87.4 cm³/mol. The highest BCUT2D eigenvalue weighted by Gasteiger charge is 2.50. The summed E-state index contributed by atoms with van der Waals surface area (Å²) in [5.41, 5.74) is 3.95. The molecular weight excluding hydrogens is 284 g/mol. The van der Waals surface area contributed by atoms with Gasteiger partial charge in [0.25, 0.3) is 0 Å². The highest BCUT2D eigenvalue weighted by molar-refractivity contribution is 7.92. The fourth-order valence-corrected chi connectivity index (χ4v) is 4.86. The monoisotopic (exact) mass is 308 g/mol. The second-order valence-electron chi connectivity index (χ2n) is 7.08. The van der Waals surface area contributed by atoms with E-state index >= 15 is 0 Å². The molecule has 1 aromatic rings. The minimum atomic E-state index is -3.21. The highest BCUT2D eigenvalue weighted by Crippen LogP contribution is 2.58. The molecule has 0 aromatic heterocycles. The average molecular weight is 308 g/mol. The predicted octanol–water partition coefficient (Wildman–Crippen LogP) is 3.00. The number of benzene rings is 1. The molecule has 0 saturated heterocycles. The van der Waals surface area contributed by atoms with E-state index in [1.165, 1.54) is 49.6 Å². The van der Waals surface area contributed by atoms with Crippen LogP contribution in [0.5, 0.6) is 0 Å². The molecule has 1 spiro atoms. The summed E-state index contributed by atoms with van der Waals surface area (Å²) in [5, 5.41) is 0. The average Bonchev–Trinajstić information content (AvgIpc) is 2.67. The lowest BCUT2D eigenvalue weighted by Gasteiger charge is -2.57. The summed E-state index contributed by atoms with van der Waals surface area (Å²) in [5.74, 6) is 0. The summed E-state index contributed by atoms with van der Waals surface area (Å²) in [6.07, 6.45) is 9.18. The summed E-state index contributed by atoms with van der Waals surface area (Å²) in [6.45, 7) is 1.08. The number of fused-ring (bicyclic) bond motifs is 1. The van der Waals surface area contributed by atoms with Gasteiger partial charge in [0.15, 0.2) is 0 Å². The van der Waals surface area contributed by atoms with E-state index in [0.717, 1.165) is 13.0 Å². The summed E-state index contributed by atoms with van der Waals surface area (Å²) in [7, 11) is -3.21. The lowest BCUT2D eigenvalue weighted by atomic mass is 9.54. The van der Waals surface area contributed by atoms with Gasteiger partial charge in [-0.3, -0.25) is 4.72 Å². The summed E-state index contributed by atoms with van der Waals surface area (Å²) < 4.78 is 25.4. The van der Waals surface area contributed by atoms with Gasteiger partial charge in [-0.2, -0.15) is 0 Å². The van der Waals surface area contributed by atoms with Crippen LogP contribution >= 0.6 is 0 Å². The Morgan fingerprint density at radius 2 is 2.10 bits per heavy atom. The zero-order chi connectivity index (χ0) is 14.7. The van der Waals surface area contributed by atoms with Gasteiger partial charge in [0, 0.05) is 19.7 Å². The van der Waals surface area contributed by atoms with Crippen molar-refractivity contribution >= 4 is 21.4 Å². The lowest BCUT2D eigenvalue weighted by molar-refractivity contribution is 0.00938. The third kappa shape index (κ3) is 2.31. The van der Waals surface area contributed by atoms with Crippen LogP contribution in [0, 0.1) is 5.41 Å². The van der Waals surface area contributed by atoms with Crippen molar-refractivity contribution in [1.82, 2.24) is 0 Å². The number of hydrogen-bond acceptors (Lipinski definition) is 3. The van der Waals surface area contributed by atoms with Crippen molar-refractivity contribution < 1.29 is 9.84 Å². The Hall–Kier alpha value is -1.23. The van der Waals surface area contributed by atoms with E-state index in [-0.39, 0.29) is 1.43 Å². The normalized spacial score (nSPS) is 23.6. The molecule has 1 aromatic carbocycles. The van der Waals surface area contributed by atoms with Crippen molar-refractivity contribution in [2.75, 3.05) is 22.4 Å². The van der Waals surface area contributed by atoms with Gasteiger partial charge in [0.2, 0.25) is 10.0 Å². The van der Waals surface area contributed by atoms with Gasteiger partial charge >= 0.3 is 0 Å². The highest BCUT2D eigenvalue weighted by atomic mass is 32.2. The minimum Gasteiger partial charge on any atom is -0.368 e. The molecule has 1 N–H and O–H groups in total. The summed E-state index contributed by atoms with van der Waals surface area (Å²) in [4.78, 5) is 2.51. The van der Waals surface area contributed by atoms with Crippen LogP contribution in [0.15, 0.2) is 18.2 Å². The van der Waals surface area contributed by atoms with Crippen LogP contribution in [0.3, 0.4) is 0 Å². The van der Waals surface area contributed by atoms with Crippen molar-refractivity contribution in [1.29, 1.82) is 0 Å². The molecule has 4 nitrogen and oxygen atoms in total. The molecule has 0 radical (unpaired) electrons. The van der Waals surface area contributed by atoms with Gasteiger partial charge in [0.1, 0.15) is 0 Å². The maximum Gasteiger partial charge on any atom is 0.229 e. The van der Waals surface area contributed by atoms with E-state index in [2.05, 4.69) is 15.7 Å². The maximum absolute atomic E-state index is 11.4. The minimum absolute atomic E-state index is 0. The fraction of sp³-hybridized carbons (Fsp3) is 0.625. The standard InChI is InChI=1S/C16H22N2O2S.H2/c1-21(19,20)17-13-4-3-12-5-8-18(15(12)9-13)14-10-16(11-14)6-2-7-16;/h3-4,9,14,17H,2,5-8,10-11H2,1H3;1H. The Bertz CT molecular complexity index is 677. The number of sulfonamides is 1. The van der Waals surface area contributed by atoms with E-state index in [1.54, 1.807) is 0 Å². The molecule has 0 amide bonds. The Kier molecular flexibility index (Phi) is 2.80. The van der Waals surface area contributed by atoms with Gasteiger partial charge in [-0.25, -0.2) is 8.42 Å². The van der Waals surface area contributed by atoms with E-state index in [0.29, 0.717) is 17.1 Å². The zero-order valence-corrected chi connectivity index (χ0v) is 13.2. The van der Waals surface area contributed by atoms with Crippen molar-refractivity contribution in [3.8, 4) is 0 Å². The Labute approximate surface area is 128 Å². The molecule has 21 heavy (non-hydrogen) atoms. The van der Waals surface area contributed by atoms with Crippen LogP contribution in [0.25, 0.3) is 0 Å². The molecule has 0 atom stereocenters.